The number of benzene rings is 1. The van der Waals surface area contributed by atoms with Gasteiger partial charge in [-0.3, -0.25) is 14.5 Å². The first-order valence-corrected chi connectivity index (χ1v) is 10.6. The van der Waals surface area contributed by atoms with Crippen LogP contribution in [0.4, 0.5) is 14.5 Å². The summed E-state index contributed by atoms with van der Waals surface area (Å²) in [7, 11) is 0. The van der Waals surface area contributed by atoms with Crippen LogP contribution in [0.15, 0.2) is 29.1 Å². The van der Waals surface area contributed by atoms with Crippen molar-refractivity contribution < 1.29 is 17.7 Å². The molecule has 0 unspecified atom stereocenters. The first kappa shape index (κ1) is 19.1. The van der Waals surface area contributed by atoms with Gasteiger partial charge < -0.3 is 15.2 Å². The number of nitrogens with zero attached hydrogens (tertiary/aromatic N) is 4. The number of carbonyl (C=O) groups excluding carboxylic acids is 1. The maximum Gasteiger partial charge on any atom is 0.270 e. The fourth-order valence-electron chi connectivity index (χ4n) is 3.93. The Morgan fingerprint density at radius 3 is 2.61 bits per heavy atom. The van der Waals surface area contributed by atoms with Gasteiger partial charge in [0.1, 0.15) is 16.9 Å². The van der Waals surface area contributed by atoms with Crippen molar-refractivity contribution in [2.45, 2.75) is 26.3 Å². The molecule has 1 amide bonds. The second kappa shape index (κ2) is 9.22. The number of carbonyl (C=O) groups is 1. The molecule has 0 atom stereocenters. The van der Waals surface area contributed by atoms with Crippen LogP contribution in [0.3, 0.4) is 0 Å². The molecule has 174 valence electrons. The van der Waals surface area contributed by atoms with Gasteiger partial charge in [0.05, 0.1) is 11.2 Å². The Kier molecular flexibility index (Phi) is 5.34. The summed E-state index contributed by atoms with van der Waals surface area (Å²) >= 11 is 0. The number of aromatic amines is 1. The van der Waals surface area contributed by atoms with E-state index in [-0.39, 0.29) is 22.8 Å². The summed E-state index contributed by atoms with van der Waals surface area (Å²) < 4.78 is 51.0. The smallest absolute Gasteiger partial charge is 0.270 e. The van der Waals surface area contributed by atoms with Crippen molar-refractivity contribution in [1.82, 2.24) is 25.2 Å². The maximum atomic E-state index is 15.2. The van der Waals surface area contributed by atoms with E-state index in [0.29, 0.717) is 49.5 Å². The molecule has 33 heavy (non-hydrogen) atoms. The monoisotopic (exact) mass is 459 g/mol. The lowest BCUT2D eigenvalue weighted by atomic mass is 10.1. The van der Waals surface area contributed by atoms with Crippen molar-refractivity contribution >= 4 is 22.6 Å². The highest BCUT2D eigenvalue weighted by molar-refractivity contribution is 5.92. The van der Waals surface area contributed by atoms with Crippen molar-refractivity contribution in [2.75, 3.05) is 38.1 Å². The number of anilines is 1. The van der Waals surface area contributed by atoms with Crippen molar-refractivity contribution in [1.29, 1.82) is 0 Å². The van der Waals surface area contributed by atoms with Crippen LogP contribution in [0.1, 0.15) is 45.6 Å². The molecule has 1 aliphatic rings. The van der Waals surface area contributed by atoms with Gasteiger partial charge in [-0.15, -0.1) is 0 Å². The van der Waals surface area contributed by atoms with Crippen molar-refractivity contribution in [3.05, 3.63) is 63.3 Å². The van der Waals surface area contributed by atoms with Crippen LogP contribution >= 0.6 is 0 Å². The number of H-pyrrole nitrogens is 1. The van der Waals surface area contributed by atoms with Crippen molar-refractivity contribution in [3.8, 4) is 0 Å². The van der Waals surface area contributed by atoms with Gasteiger partial charge in [0.15, 0.2) is 5.82 Å². The van der Waals surface area contributed by atoms with E-state index in [1.807, 2.05) is 18.7 Å². The third-order valence-corrected chi connectivity index (χ3v) is 5.74. The Morgan fingerprint density at radius 1 is 1.18 bits per heavy atom. The number of hydrogen-bond donors (Lipinski definition) is 2. The molecule has 3 aromatic rings. The number of hydrogen-bond acceptors (Lipinski definition) is 6. The van der Waals surface area contributed by atoms with E-state index in [4.69, 9.17) is 4.11 Å². The van der Waals surface area contributed by atoms with Gasteiger partial charge in [-0.2, -0.15) is 4.39 Å². The summed E-state index contributed by atoms with van der Waals surface area (Å²) in [6.45, 7) is 3.20. The summed E-state index contributed by atoms with van der Waals surface area (Å²) in [5.74, 6) is -2.46. The molecule has 1 aromatic carbocycles. The predicted octanol–water partition coefficient (Wildman–Crippen LogP) is 2.40. The van der Waals surface area contributed by atoms with Crippen LogP contribution < -0.4 is 15.8 Å². The fraction of sp³-hybridized carbons (Fsp3) is 0.391. The molecule has 0 spiro atoms. The van der Waals surface area contributed by atoms with E-state index >= 15 is 4.39 Å². The Labute approximate surface area is 193 Å². The molecule has 1 saturated heterocycles. The molecule has 0 bridgehead atoms. The second-order valence-electron chi connectivity index (χ2n) is 8.26. The van der Waals surface area contributed by atoms with Crippen LogP contribution in [0.5, 0.6) is 0 Å². The van der Waals surface area contributed by atoms with Crippen LogP contribution in [0.2, 0.25) is 0 Å². The Hall–Kier alpha value is -3.40. The molecule has 4 rings (SSSR count). The quantitative estimate of drug-likeness (QED) is 0.569. The molecular formula is C23H26F2N6O2. The number of aromatic nitrogens is 3. The molecule has 0 radical (unpaired) electrons. The average Bonchev–Trinajstić information content (AvgIpc) is 2.80. The van der Waals surface area contributed by atoms with Crippen LogP contribution in [0.25, 0.3) is 11.0 Å². The maximum absolute atomic E-state index is 15.2. The molecule has 2 N–H and O–H groups in total. The summed E-state index contributed by atoms with van der Waals surface area (Å²) in [6.07, 6.45) is 0. The minimum absolute atomic E-state index is 0.0799. The van der Waals surface area contributed by atoms with Gasteiger partial charge >= 0.3 is 0 Å². The topological polar surface area (TPSA) is 94.2 Å². The fourth-order valence-corrected chi connectivity index (χ4v) is 3.93. The largest absolute Gasteiger partial charge is 0.365 e. The summed E-state index contributed by atoms with van der Waals surface area (Å²) in [5, 5.41) is 1.77. The molecule has 2 aromatic heterocycles. The molecule has 0 aliphatic carbocycles. The van der Waals surface area contributed by atoms with Gasteiger partial charge in [0.25, 0.3) is 11.5 Å². The molecule has 1 aliphatic heterocycles. The van der Waals surface area contributed by atoms with E-state index in [1.54, 1.807) is 22.3 Å². The zero-order chi connectivity index (χ0) is 26.2. The second-order valence-corrected chi connectivity index (χ2v) is 8.26. The van der Waals surface area contributed by atoms with E-state index in [2.05, 4.69) is 15.0 Å². The average molecular weight is 460 g/mol. The predicted molar refractivity (Wildman–Crippen MR) is 121 cm³/mol. The van der Waals surface area contributed by atoms with E-state index in [0.717, 1.165) is 0 Å². The zero-order valence-electron chi connectivity index (χ0n) is 21.3. The lowest BCUT2D eigenvalue weighted by Gasteiger charge is -2.36. The normalized spacial score (nSPS) is 16.5. The highest BCUT2D eigenvalue weighted by Crippen LogP contribution is 2.23. The highest BCUT2D eigenvalue weighted by atomic mass is 19.1. The summed E-state index contributed by atoms with van der Waals surface area (Å²) in [4.78, 5) is 38.5. The van der Waals surface area contributed by atoms with Gasteiger partial charge in [0.2, 0.25) is 5.95 Å². The van der Waals surface area contributed by atoms with Crippen LogP contribution in [-0.4, -0.2) is 58.9 Å². The van der Waals surface area contributed by atoms with E-state index in [1.165, 1.54) is 12.1 Å². The number of pyridine rings is 1. The number of amides is 1. The Morgan fingerprint density at radius 2 is 1.94 bits per heavy atom. The number of halogens is 2. The lowest BCUT2D eigenvalue weighted by Crippen LogP contribution is -2.46. The van der Waals surface area contributed by atoms with Crippen LogP contribution in [0, 0.1) is 11.8 Å². The number of piperazine rings is 1. The SMILES string of the molecule is [2H]C([2H])([2H])NC(=O)c1ccc(N2CCN(Cc3ccc4nc(C(C)C)c(=O)[nH]c4c3F)CC2)c(F)n1. The summed E-state index contributed by atoms with van der Waals surface area (Å²) in [6, 6.07) is 6.02. The Bertz CT molecular complexity index is 1350. The van der Waals surface area contributed by atoms with Crippen molar-refractivity contribution in [2.24, 2.45) is 0 Å². The number of fused-ring (bicyclic) bond motifs is 1. The first-order chi connectivity index (χ1) is 16.9. The standard InChI is InChI=1S/C23H26F2N6O2/c1-13(2)19-23(33)29-20-15(27-19)5-4-14(18(20)24)12-30-8-10-31(11-9-30)17-7-6-16(22(32)26-3)28-21(17)25/h4-7,13H,8-12H2,1-3H3,(H,26,32)(H,29,33)/i3D3. The van der Waals surface area contributed by atoms with Gasteiger partial charge in [-0.1, -0.05) is 19.9 Å². The molecular weight excluding hydrogens is 430 g/mol. The minimum atomic E-state index is -2.70. The minimum Gasteiger partial charge on any atom is -0.365 e. The molecule has 1 fully saturated rings. The summed E-state index contributed by atoms with van der Waals surface area (Å²) in [5.41, 5.74) is 0.716. The van der Waals surface area contributed by atoms with E-state index < -0.39 is 30.2 Å². The number of rotatable bonds is 5. The first-order valence-electron chi connectivity index (χ1n) is 12.1. The van der Waals surface area contributed by atoms with Crippen molar-refractivity contribution in [3.63, 3.8) is 0 Å². The lowest BCUT2D eigenvalue weighted by molar-refractivity contribution is 0.0957. The molecule has 0 saturated carbocycles. The highest BCUT2D eigenvalue weighted by Gasteiger charge is 2.23. The molecule has 10 heteroatoms. The number of nitrogens with one attached hydrogen (secondary N) is 2. The van der Waals surface area contributed by atoms with Crippen LogP contribution in [-0.2, 0) is 6.54 Å². The molecule has 3 heterocycles. The van der Waals surface area contributed by atoms with Gasteiger partial charge in [-0.25, -0.2) is 14.4 Å². The Balaban J connectivity index is 1.43. The van der Waals surface area contributed by atoms with Gasteiger partial charge in [-0.05, 0) is 18.2 Å². The van der Waals surface area contributed by atoms with E-state index in [9.17, 15) is 14.0 Å². The van der Waals surface area contributed by atoms with Gasteiger partial charge in [0, 0.05) is 55.3 Å². The third-order valence-electron chi connectivity index (χ3n) is 5.74. The molecule has 8 nitrogen and oxygen atoms in total. The zero-order valence-corrected chi connectivity index (χ0v) is 18.3. The third kappa shape index (κ3) is 4.56.